The zero-order chi connectivity index (χ0) is 47.7. The van der Waals surface area contributed by atoms with E-state index in [0.717, 1.165) is 42.5 Å². The summed E-state index contributed by atoms with van der Waals surface area (Å²) in [7, 11) is 0. The van der Waals surface area contributed by atoms with Crippen molar-refractivity contribution in [2.45, 2.75) is 279 Å². The molecule has 66 heavy (non-hydrogen) atoms. The third-order valence-corrected chi connectivity index (χ3v) is 18.0. The lowest BCUT2D eigenvalue weighted by atomic mass is 9.73. The van der Waals surface area contributed by atoms with Crippen LogP contribution >= 0.6 is 22.7 Å². The van der Waals surface area contributed by atoms with Crippen LogP contribution in [-0.4, -0.2) is 9.97 Å². The molecule has 370 valence electrons. The maximum Gasteiger partial charge on any atom is 0.140 e. The van der Waals surface area contributed by atoms with Gasteiger partial charge in [-0.05, 0) is 78.9 Å². The van der Waals surface area contributed by atoms with Crippen molar-refractivity contribution in [3.05, 3.63) is 51.7 Å². The maximum atomic E-state index is 7.81. The van der Waals surface area contributed by atoms with Gasteiger partial charge in [0.05, 0.1) is 32.2 Å². The van der Waals surface area contributed by atoms with Crippen LogP contribution in [0.15, 0.2) is 24.3 Å². The van der Waals surface area contributed by atoms with Crippen molar-refractivity contribution >= 4 is 33.7 Å². The van der Waals surface area contributed by atoms with Gasteiger partial charge < -0.3 is 4.74 Å². The van der Waals surface area contributed by atoms with Crippen molar-refractivity contribution in [1.82, 2.24) is 9.97 Å². The van der Waals surface area contributed by atoms with E-state index in [1.165, 1.54) is 202 Å². The third-order valence-electron chi connectivity index (χ3n) is 15.1. The van der Waals surface area contributed by atoms with Gasteiger partial charge in [0.15, 0.2) is 0 Å². The highest BCUT2D eigenvalue weighted by Crippen LogP contribution is 2.59. The minimum Gasteiger partial charge on any atom is -0.481 e. The Balaban J connectivity index is 1.62. The highest BCUT2D eigenvalue weighted by atomic mass is 32.1. The summed E-state index contributed by atoms with van der Waals surface area (Å²) in [5, 5.41) is 0. The van der Waals surface area contributed by atoms with Crippen LogP contribution in [0, 0.1) is 11.8 Å². The molecule has 0 fully saturated rings. The number of aryl methyl sites for hydroxylation is 2. The van der Waals surface area contributed by atoms with Crippen LogP contribution in [0.2, 0.25) is 0 Å². The quantitative estimate of drug-likeness (QED) is 0.0472. The molecule has 0 saturated carbocycles. The number of rotatable bonds is 31. The smallest absolute Gasteiger partial charge is 0.140 e. The number of nitrogens with zero attached hydrogens (tertiary/aromatic N) is 2. The molecule has 0 radical (unpaired) electrons. The van der Waals surface area contributed by atoms with Gasteiger partial charge in [0.2, 0.25) is 0 Å². The molecular formula is C61H98N2OS2. The Morgan fingerprint density at radius 3 is 1.48 bits per heavy atom. The van der Waals surface area contributed by atoms with E-state index in [2.05, 4.69) is 119 Å². The molecule has 5 rings (SSSR count). The lowest BCUT2D eigenvalue weighted by Crippen LogP contribution is -2.39. The van der Waals surface area contributed by atoms with E-state index in [0.29, 0.717) is 11.8 Å². The number of unbranched alkanes of at least 4 members (excludes halogenated alkanes) is 16. The molecule has 3 nitrogen and oxygen atoms in total. The lowest BCUT2D eigenvalue weighted by Gasteiger charge is -2.42. The topological polar surface area (TPSA) is 35.0 Å². The predicted molar refractivity (Wildman–Crippen MR) is 294 cm³/mol. The number of fused-ring (bicyclic) bond motifs is 4. The van der Waals surface area contributed by atoms with E-state index in [9.17, 15) is 0 Å². The summed E-state index contributed by atoms with van der Waals surface area (Å²) in [4.78, 5) is 17.1. The SMILES string of the molecule is CCCCCCCCCCc1nc2c(-c3cc4c(s3)-c3sc(C(C)(C)C)cc3C(CC(CC)CCCC)(CC(CC)CCCC)O4)ccc(C(C)(C)C)c2nc1CCCCCCCCCC. The van der Waals surface area contributed by atoms with E-state index in [1.807, 2.05) is 11.3 Å². The first-order valence-electron chi connectivity index (χ1n) is 28.0. The molecule has 0 spiro atoms. The van der Waals surface area contributed by atoms with Gasteiger partial charge in [-0.2, -0.15) is 0 Å². The Labute approximate surface area is 414 Å². The first-order valence-corrected chi connectivity index (χ1v) is 29.7. The number of hydrogen-bond acceptors (Lipinski definition) is 5. The van der Waals surface area contributed by atoms with Crippen LogP contribution in [0.3, 0.4) is 0 Å². The van der Waals surface area contributed by atoms with Crippen molar-refractivity contribution in [2.24, 2.45) is 11.8 Å². The number of hydrogen-bond donors (Lipinski definition) is 0. The average molecular weight is 940 g/mol. The molecule has 1 aliphatic rings. The molecule has 4 heterocycles. The summed E-state index contributed by atoms with van der Waals surface area (Å²) in [6.07, 6.45) is 35.6. The van der Waals surface area contributed by atoms with Gasteiger partial charge in [0.25, 0.3) is 0 Å². The summed E-state index contributed by atoms with van der Waals surface area (Å²) in [5.41, 5.74) is 8.45. The van der Waals surface area contributed by atoms with Crippen LogP contribution in [0.25, 0.3) is 31.2 Å². The standard InChI is InChI=1S/C61H98N2OS2/c1-13-19-23-25-27-29-31-33-37-50-51(38-34-32-30-28-26-24-20-14-2)63-56-48(59(7,8)9)40-39-47(55(56)62-50)53-42-52-58(65-53)57-49(41-54(66-57)60(10,11)12)61(64-52,43-45(17-5)35-21-15-3)44-46(18-6)36-22-16-4/h39-42,45-46H,13-38,43-44H2,1-12H3. The van der Waals surface area contributed by atoms with Gasteiger partial charge in [-0.3, -0.25) is 0 Å². The first-order chi connectivity index (χ1) is 31.7. The van der Waals surface area contributed by atoms with E-state index in [4.69, 9.17) is 14.7 Å². The molecule has 2 atom stereocenters. The van der Waals surface area contributed by atoms with E-state index < -0.39 is 0 Å². The number of thiophene rings is 2. The van der Waals surface area contributed by atoms with Crippen molar-refractivity contribution in [2.75, 3.05) is 0 Å². The Hall–Kier alpha value is -2.24. The normalized spacial score (nSPS) is 16.1. The molecule has 5 heteroatoms. The Morgan fingerprint density at radius 1 is 0.530 bits per heavy atom. The molecule has 2 unspecified atom stereocenters. The Morgan fingerprint density at radius 2 is 1.02 bits per heavy atom. The van der Waals surface area contributed by atoms with Gasteiger partial charge >= 0.3 is 0 Å². The fourth-order valence-corrected chi connectivity index (χ4v) is 13.3. The van der Waals surface area contributed by atoms with Gasteiger partial charge in [0.1, 0.15) is 11.4 Å². The summed E-state index contributed by atoms with van der Waals surface area (Å²) >= 11 is 4.00. The molecular weight excluding hydrogens is 841 g/mol. The Kier molecular flexibility index (Phi) is 22.1. The lowest BCUT2D eigenvalue weighted by molar-refractivity contribution is 0.00799. The number of ether oxygens (including phenoxy) is 1. The predicted octanol–water partition coefficient (Wildman–Crippen LogP) is 20.8. The van der Waals surface area contributed by atoms with Crippen molar-refractivity contribution in [3.63, 3.8) is 0 Å². The molecule has 0 saturated heterocycles. The van der Waals surface area contributed by atoms with Crippen LogP contribution in [0.4, 0.5) is 0 Å². The fourth-order valence-electron chi connectivity index (χ4n) is 10.7. The zero-order valence-corrected chi connectivity index (χ0v) is 46.5. The molecule has 0 N–H and O–H groups in total. The minimum atomic E-state index is -0.324. The maximum absolute atomic E-state index is 7.81. The molecule has 4 aromatic rings. The molecule has 0 bridgehead atoms. The van der Waals surface area contributed by atoms with Crippen molar-refractivity contribution in [1.29, 1.82) is 0 Å². The molecule has 0 amide bonds. The second kappa shape index (κ2) is 26.7. The highest BCUT2D eigenvalue weighted by molar-refractivity contribution is 7.24. The zero-order valence-electron chi connectivity index (χ0n) is 44.9. The highest BCUT2D eigenvalue weighted by Gasteiger charge is 2.46. The molecule has 1 aromatic carbocycles. The monoisotopic (exact) mass is 939 g/mol. The number of benzene rings is 1. The summed E-state index contributed by atoms with van der Waals surface area (Å²) in [5.74, 6) is 2.39. The molecule has 0 aliphatic carbocycles. The third kappa shape index (κ3) is 14.9. The molecule has 1 aliphatic heterocycles. The largest absolute Gasteiger partial charge is 0.481 e. The van der Waals surface area contributed by atoms with E-state index >= 15 is 0 Å². The second-order valence-electron chi connectivity index (χ2n) is 22.9. The van der Waals surface area contributed by atoms with Crippen LogP contribution in [0.1, 0.15) is 277 Å². The average Bonchev–Trinajstić information content (AvgIpc) is 3.94. The van der Waals surface area contributed by atoms with Crippen molar-refractivity contribution in [3.8, 4) is 25.9 Å². The molecule has 3 aromatic heterocycles. The van der Waals surface area contributed by atoms with Gasteiger partial charge in [-0.15, -0.1) is 22.7 Å². The van der Waals surface area contributed by atoms with Gasteiger partial charge in [0, 0.05) is 20.9 Å². The Bertz CT molecular complexity index is 2000. The van der Waals surface area contributed by atoms with Crippen LogP contribution in [0.5, 0.6) is 5.75 Å². The number of aromatic nitrogens is 2. The van der Waals surface area contributed by atoms with Gasteiger partial charge in [-0.1, -0.05) is 236 Å². The summed E-state index contributed by atoms with van der Waals surface area (Å²) < 4.78 is 7.81. The van der Waals surface area contributed by atoms with Crippen LogP contribution < -0.4 is 4.74 Å². The van der Waals surface area contributed by atoms with E-state index in [1.54, 1.807) is 0 Å². The summed E-state index contributed by atoms with van der Waals surface area (Å²) in [6.45, 7) is 28.4. The second-order valence-corrected chi connectivity index (χ2v) is 25.0. The van der Waals surface area contributed by atoms with Crippen LogP contribution in [-0.2, 0) is 29.3 Å². The van der Waals surface area contributed by atoms with Crippen molar-refractivity contribution < 1.29 is 4.74 Å². The minimum absolute atomic E-state index is 0.0473. The van der Waals surface area contributed by atoms with Gasteiger partial charge in [-0.25, -0.2) is 9.97 Å². The fraction of sp³-hybridized carbons (Fsp3) is 0.738. The first kappa shape index (κ1) is 54.7. The van der Waals surface area contributed by atoms with E-state index in [-0.39, 0.29) is 16.4 Å². The summed E-state index contributed by atoms with van der Waals surface area (Å²) in [6, 6.07) is 9.83.